The van der Waals surface area contributed by atoms with E-state index in [0.29, 0.717) is 36.5 Å². The van der Waals surface area contributed by atoms with Gasteiger partial charge in [-0.25, -0.2) is 4.98 Å². The van der Waals surface area contributed by atoms with Gasteiger partial charge in [-0.1, -0.05) is 18.2 Å². The fourth-order valence-electron chi connectivity index (χ4n) is 2.78. The lowest BCUT2D eigenvalue weighted by molar-refractivity contribution is -0.116. The summed E-state index contributed by atoms with van der Waals surface area (Å²) in [7, 11) is 1.78. The minimum Gasteiger partial charge on any atom is -0.493 e. The van der Waals surface area contributed by atoms with Crippen LogP contribution in [-0.4, -0.2) is 27.8 Å². The Morgan fingerprint density at radius 2 is 1.86 bits per heavy atom. The van der Waals surface area contributed by atoms with Crippen molar-refractivity contribution in [3.05, 3.63) is 77.9 Å². The molecule has 0 bridgehead atoms. The van der Waals surface area contributed by atoms with Gasteiger partial charge in [0.1, 0.15) is 5.75 Å². The Labute approximate surface area is 164 Å². The Morgan fingerprint density at radius 1 is 1.11 bits per heavy atom. The number of benzene rings is 2. The molecule has 6 heteroatoms. The number of nitrogens with zero attached hydrogens (tertiary/aromatic N) is 2. The first-order chi connectivity index (χ1) is 13.5. The Bertz CT molecular complexity index is 961. The van der Waals surface area contributed by atoms with Crippen LogP contribution >= 0.6 is 0 Å². The van der Waals surface area contributed by atoms with Crippen LogP contribution in [0, 0.1) is 6.92 Å². The van der Waals surface area contributed by atoms with E-state index in [4.69, 9.17) is 4.74 Å². The second-order valence-corrected chi connectivity index (χ2v) is 6.53. The quantitative estimate of drug-likeness (QED) is 0.479. The van der Waals surface area contributed by atoms with Crippen LogP contribution in [-0.2, 0) is 11.8 Å². The van der Waals surface area contributed by atoms with Crippen molar-refractivity contribution in [1.82, 2.24) is 9.55 Å². The van der Waals surface area contributed by atoms with Crippen molar-refractivity contribution in [2.75, 3.05) is 11.9 Å². The molecule has 0 fully saturated rings. The molecule has 0 spiro atoms. The van der Waals surface area contributed by atoms with Crippen LogP contribution in [0.4, 0.5) is 5.69 Å². The summed E-state index contributed by atoms with van der Waals surface area (Å²) in [4.78, 5) is 28.6. The number of aryl methyl sites for hydroxylation is 2. The number of amides is 1. The topological polar surface area (TPSA) is 73.2 Å². The highest BCUT2D eigenvalue weighted by molar-refractivity contribution is 6.07. The third kappa shape index (κ3) is 4.85. The first-order valence-electron chi connectivity index (χ1n) is 9.15. The molecule has 1 aromatic heterocycles. The first-order valence-corrected chi connectivity index (χ1v) is 9.15. The number of ether oxygens (including phenoxy) is 1. The standard InChI is InChI=1S/C22H23N3O3/c1-16-6-3-4-7-19(16)28-15-5-8-20(26)24-18-11-9-17(10-12-18)21(27)22-23-13-14-25(22)2/h3-4,6-7,9-14H,5,8,15H2,1-2H3,(H,24,26). The van der Waals surface area contributed by atoms with E-state index in [1.165, 1.54) is 0 Å². The molecule has 0 saturated carbocycles. The Hall–Kier alpha value is -3.41. The predicted octanol–water partition coefficient (Wildman–Crippen LogP) is 3.76. The number of nitrogens with one attached hydrogen (secondary N) is 1. The van der Waals surface area contributed by atoms with Crippen molar-refractivity contribution in [1.29, 1.82) is 0 Å². The van der Waals surface area contributed by atoms with E-state index >= 15 is 0 Å². The number of carbonyl (C=O) groups is 2. The predicted molar refractivity (Wildman–Crippen MR) is 108 cm³/mol. The maximum Gasteiger partial charge on any atom is 0.228 e. The van der Waals surface area contributed by atoms with Gasteiger partial charge in [0.15, 0.2) is 5.82 Å². The molecule has 1 N–H and O–H groups in total. The number of para-hydroxylation sites is 1. The van der Waals surface area contributed by atoms with E-state index in [9.17, 15) is 9.59 Å². The lowest BCUT2D eigenvalue weighted by atomic mass is 10.1. The molecule has 0 aliphatic heterocycles. The summed E-state index contributed by atoms with van der Waals surface area (Å²) in [5.74, 6) is 0.983. The molecule has 0 aliphatic carbocycles. The number of hydrogen-bond acceptors (Lipinski definition) is 4. The monoisotopic (exact) mass is 377 g/mol. The number of imidazole rings is 1. The fourth-order valence-corrected chi connectivity index (χ4v) is 2.78. The van der Waals surface area contributed by atoms with Crippen molar-refractivity contribution < 1.29 is 14.3 Å². The summed E-state index contributed by atoms with van der Waals surface area (Å²) in [5.41, 5.74) is 2.26. The van der Waals surface area contributed by atoms with Crippen LogP contribution in [0.3, 0.4) is 0 Å². The Kier molecular flexibility index (Phi) is 6.22. The van der Waals surface area contributed by atoms with Crippen LogP contribution < -0.4 is 10.1 Å². The van der Waals surface area contributed by atoms with Crippen molar-refractivity contribution >= 4 is 17.4 Å². The summed E-state index contributed by atoms with van der Waals surface area (Å²) in [6.45, 7) is 2.47. The number of ketones is 1. The summed E-state index contributed by atoms with van der Waals surface area (Å²) < 4.78 is 7.38. The summed E-state index contributed by atoms with van der Waals surface area (Å²) in [5, 5.41) is 2.84. The molecule has 2 aromatic carbocycles. The number of carbonyl (C=O) groups excluding carboxylic acids is 2. The van der Waals surface area contributed by atoms with E-state index < -0.39 is 0 Å². The Morgan fingerprint density at radius 3 is 2.54 bits per heavy atom. The number of anilines is 1. The van der Waals surface area contributed by atoms with Crippen LogP contribution in [0.2, 0.25) is 0 Å². The number of rotatable bonds is 8. The van der Waals surface area contributed by atoms with Crippen molar-refractivity contribution in [2.24, 2.45) is 7.05 Å². The molecular formula is C22H23N3O3. The average Bonchev–Trinajstić information content (AvgIpc) is 3.12. The van der Waals surface area contributed by atoms with Gasteiger partial charge in [-0.15, -0.1) is 0 Å². The molecule has 144 valence electrons. The smallest absolute Gasteiger partial charge is 0.228 e. The molecule has 0 saturated heterocycles. The Balaban J connectivity index is 1.46. The van der Waals surface area contributed by atoms with Crippen molar-refractivity contribution in [2.45, 2.75) is 19.8 Å². The highest BCUT2D eigenvalue weighted by Gasteiger charge is 2.13. The zero-order valence-corrected chi connectivity index (χ0v) is 16.0. The third-order valence-corrected chi connectivity index (χ3v) is 4.35. The van der Waals surface area contributed by atoms with Crippen LogP contribution in [0.5, 0.6) is 5.75 Å². The van der Waals surface area contributed by atoms with Gasteiger partial charge in [-0.3, -0.25) is 9.59 Å². The second kappa shape index (κ2) is 8.99. The van der Waals surface area contributed by atoms with E-state index in [2.05, 4.69) is 10.3 Å². The summed E-state index contributed by atoms with van der Waals surface area (Å²) in [6, 6.07) is 14.6. The largest absolute Gasteiger partial charge is 0.493 e. The highest BCUT2D eigenvalue weighted by atomic mass is 16.5. The maximum absolute atomic E-state index is 12.4. The normalized spacial score (nSPS) is 10.5. The van der Waals surface area contributed by atoms with Crippen molar-refractivity contribution in [3.8, 4) is 5.75 Å². The van der Waals surface area contributed by atoms with Gasteiger partial charge in [-0.2, -0.15) is 0 Å². The maximum atomic E-state index is 12.4. The molecule has 0 radical (unpaired) electrons. The third-order valence-electron chi connectivity index (χ3n) is 4.35. The van der Waals surface area contributed by atoms with E-state index in [-0.39, 0.29) is 11.7 Å². The zero-order chi connectivity index (χ0) is 19.9. The van der Waals surface area contributed by atoms with Crippen LogP contribution in [0.25, 0.3) is 0 Å². The van der Waals surface area contributed by atoms with Gasteiger partial charge < -0.3 is 14.6 Å². The number of hydrogen-bond donors (Lipinski definition) is 1. The molecular weight excluding hydrogens is 354 g/mol. The lowest BCUT2D eigenvalue weighted by Crippen LogP contribution is -2.13. The van der Waals surface area contributed by atoms with Gasteiger partial charge in [0.25, 0.3) is 0 Å². The molecule has 0 atom stereocenters. The minimum atomic E-state index is -0.154. The van der Waals surface area contributed by atoms with Gasteiger partial charge >= 0.3 is 0 Å². The van der Waals surface area contributed by atoms with Gasteiger partial charge in [-0.05, 0) is 49.2 Å². The SMILES string of the molecule is Cc1ccccc1OCCCC(=O)Nc1ccc(C(=O)c2nccn2C)cc1. The molecule has 3 aromatic rings. The van der Waals surface area contributed by atoms with Crippen molar-refractivity contribution in [3.63, 3.8) is 0 Å². The summed E-state index contributed by atoms with van der Waals surface area (Å²) in [6.07, 6.45) is 4.30. The molecule has 6 nitrogen and oxygen atoms in total. The molecule has 0 unspecified atom stereocenters. The van der Waals surface area contributed by atoms with Gasteiger partial charge in [0.05, 0.1) is 6.61 Å². The summed E-state index contributed by atoms with van der Waals surface area (Å²) >= 11 is 0. The average molecular weight is 377 g/mol. The van der Waals surface area contributed by atoms with Gasteiger partial charge in [0.2, 0.25) is 11.7 Å². The molecule has 0 aliphatic rings. The molecule has 1 amide bonds. The van der Waals surface area contributed by atoms with E-state index in [1.807, 2.05) is 31.2 Å². The minimum absolute atomic E-state index is 0.0865. The number of aromatic nitrogens is 2. The van der Waals surface area contributed by atoms with Crippen LogP contribution in [0.15, 0.2) is 60.9 Å². The first kappa shape index (κ1) is 19.4. The highest BCUT2D eigenvalue weighted by Crippen LogP contribution is 2.17. The fraction of sp³-hybridized carbons (Fsp3) is 0.227. The molecule has 1 heterocycles. The molecule has 28 heavy (non-hydrogen) atoms. The molecule has 3 rings (SSSR count). The lowest BCUT2D eigenvalue weighted by Gasteiger charge is -2.09. The van der Waals surface area contributed by atoms with E-state index in [1.54, 1.807) is 48.3 Å². The van der Waals surface area contributed by atoms with Gasteiger partial charge in [0, 0.05) is 37.1 Å². The van der Waals surface area contributed by atoms with Crippen LogP contribution in [0.1, 0.15) is 34.6 Å². The van der Waals surface area contributed by atoms with E-state index in [0.717, 1.165) is 11.3 Å². The zero-order valence-electron chi connectivity index (χ0n) is 16.0. The second-order valence-electron chi connectivity index (χ2n) is 6.53.